The Morgan fingerprint density at radius 3 is 1.17 bits per heavy atom. The monoisotopic (exact) mass is 792 g/mol. The van der Waals surface area contributed by atoms with E-state index in [4.69, 9.17) is 24.8 Å². The predicted molar refractivity (Wildman–Crippen MR) is 217 cm³/mol. The highest BCUT2D eigenvalue weighted by atomic mass is 31.2. The first-order chi connectivity index (χ1) is 26.1. The number of phosphoric acid groups is 1. The molecule has 0 aromatic carbocycles. The van der Waals surface area contributed by atoms with Crippen LogP contribution in [0.4, 0.5) is 0 Å². The molecule has 0 aliphatic carbocycles. The SMILES string of the molecule is CCCCCCCCCCCCCCCCCCC(=O)OC(COC(=O)CCCCCCCCCCCCCCCC)COP(=O)(O)OCC(N)C(=O)O. The third kappa shape index (κ3) is 37.4. The van der Waals surface area contributed by atoms with Crippen molar-refractivity contribution in [3.63, 3.8) is 0 Å². The number of hydrogen-bond donors (Lipinski definition) is 3. The van der Waals surface area contributed by atoms with E-state index in [2.05, 4.69) is 18.4 Å². The lowest BCUT2D eigenvalue weighted by atomic mass is 10.0. The Labute approximate surface area is 329 Å². The molecule has 0 heterocycles. The quantitative estimate of drug-likeness (QED) is 0.0305. The first kappa shape index (κ1) is 52.5. The standard InChI is InChI=1S/C42H82NO10P/c1-3-5-7-9-11-13-15-17-19-20-22-24-26-28-30-32-34-41(45)53-38(36-51-54(48,49)52-37-39(43)42(46)47)35-50-40(44)33-31-29-27-25-23-21-18-16-14-12-10-8-6-4-2/h38-39H,3-37,43H2,1-2H3,(H,46,47)(H,48,49). The summed E-state index contributed by atoms with van der Waals surface area (Å²) in [4.78, 5) is 45.9. The van der Waals surface area contributed by atoms with Crippen molar-refractivity contribution in [1.82, 2.24) is 0 Å². The summed E-state index contributed by atoms with van der Waals surface area (Å²) < 4.78 is 32.7. The Balaban J connectivity index is 4.31. The molecule has 0 saturated heterocycles. The molecule has 0 bridgehead atoms. The molecule has 0 aliphatic rings. The van der Waals surface area contributed by atoms with E-state index in [0.717, 1.165) is 38.5 Å². The normalized spacial score (nSPS) is 13.7. The molecule has 3 unspecified atom stereocenters. The van der Waals surface area contributed by atoms with Crippen molar-refractivity contribution in [2.45, 2.75) is 231 Å². The first-order valence-corrected chi connectivity index (χ1v) is 23.6. The van der Waals surface area contributed by atoms with E-state index < -0.39 is 51.1 Å². The van der Waals surface area contributed by atoms with Crippen LogP contribution in [0.2, 0.25) is 0 Å². The van der Waals surface area contributed by atoms with Gasteiger partial charge in [-0.25, -0.2) is 4.57 Å². The van der Waals surface area contributed by atoms with Crippen LogP contribution in [-0.2, 0) is 37.5 Å². The number of nitrogens with two attached hydrogens (primary N) is 1. The summed E-state index contributed by atoms with van der Waals surface area (Å²) in [5.74, 6) is -2.36. The Bertz CT molecular complexity index is 937. The van der Waals surface area contributed by atoms with E-state index in [0.29, 0.717) is 12.8 Å². The van der Waals surface area contributed by atoms with Crippen LogP contribution >= 0.6 is 7.82 Å². The Hall–Kier alpha value is -1.52. The zero-order chi connectivity index (χ0) is 40.0. The minimum atomic E-state index is -4.71. The largest absolute Gasteiger partial charge is 0.480 e. The number of rotatable bonds is 42. The summed E-state index contributed by atoms with van der Waals surface area (Å²) in [5, 5.41) is 8.88. The molecule has 0 aromatic heterocycles. The number of carbonyl (C=O) groups excluding carboxylic acids is 2. The number of phosphoric ester groups is 1. The molecular formula is C42H82NO10P. The number of ether oxygens (including phenoxy) is 2. The van der Waals surface area contributed by atoms with Crippen molar-refractivity contribution in [3.8, 4) is 0 Å². The van der Waals surface area contributed by atoms with E-state index in [9.17, 15) is 23.8 Å². The molecule has 11 nitrogen and oxygen atoms in total. The van der Waals surface area contributed by atoms with Gasteiger partial charge >= 0.3 is 25.7 Å². The lowest BCUT2D eigenvalue weighted by molar-refractivity contribution is -0.161. The summed E-state index contributed by atoms with van der Waals surface area (Å²) in [7, 11) is -4.71. The van der Waals surface area contributed by atoms with Crippen molar-refractivity contribution in [3.05, 3.63) is 0 Å². The van der Waals surface area contributed by atoms with Crippen LogP contribution in [0, 0.1) is 0 Å². The van der Waals surface area contributed by atoms with Crippen LogP contribution in [0.3, 0.4) is 0 Å². The lowest BCUT2D eigenvalue weighted by Gasteiger charge is -2.20. The number of carboxylic acids is 1. The number of esters is 2. The van der Waals surface area contributed by atoms with E-state index in [-0.39, 0.29) is 19.4 Å². The minimum absolute atomic E-state index is 0.169. The van der Waals surface area contributed by atoms with Gasteiger partial charge in [-0.1, -0.05) is 194 Å². The van der Waals surface area contributed by atoms with Crippen LogP contribution in [0.1, 0.15) is 219 Å². The van der Waals surface area contributed by atoms with Gasteiger partial charge in [0.15, 0.2) is 6.10 Å². The molecule has 0 aromatic rings. The average molecular weight is 792 g/mol. The molecule has 0 spiro atoms. The maximum atomic E-state index is 12.6. The van der Waals surface area contributed by atoms with Crippen LogP contribution in [-0.4, -0.2) is 59.9 Å². The van der Waals surface area contributed by atoms with Gasteiger partial charge in [-0.2, -0.15) is 0 Å². The van der Waals surface area contributed by atoms with Gasteiger partial charge in [0, 0.05) is 12.8 Å². The lowest BCUT2D eigenvalue weighted by Crippen LogP contribution is -2.34. The van der Waals surface area contributed by atoms with Gasteiger partial charge in [0.05, 0.1) is 13.2 Å². The third-order valence-corrected chi connectivity index (χ3v) is 10.8. The molecule has 0 radical (unpaired) electrons. The molecule has 54 heavy (non-hydrogen) atoms. The van der Waals surface area contributed by atoms with Crippen molar-refractivity contribution in [2.75, 3.05) is 19.8 Å². The zero-order valence-corrected chi connectivity index (χ0v) is 35.5. The Kier molecular flexibility index (Phi) is 37.3. The molecule has 3 atom stereocenters. The second-order valence-electron chi connectivity index (χ2n) is 15.2. The fourth-order valence-corrected chi connectivity index (χ4v) is 7.14. The Morgan fingerprint density at radius 1 is 0.500 bits per heavy atom. The van der Waals surface area contributed by atoms with Gasteiger partial charge in [0.25, 0.3) is 0 Å². The van der Waals surface area contributed by atoms with E-state index in [1.54, 1.807) is 0 Å². The molecule has 320 valence electrons. The molecule has 4 N–H and O–H groups in total. The number of aliphatic carboxylic acids is 1. The molecule has 0 saturated carbocycles. The number of carboxylic acid groups (broad SMARTS) is 1. The molecule has 12 heteroatoms. The molecular weight excluding hydrogens is 709 g/mol. The molecule has 0 rings (SSSR count). The van der Waals surface area contributed by atoms with E-state index in [1.165, 1.54) is 141 Å². The van der Waals surface area contributed by atoms with E-state index >= 15 is 0 Å². The van der Waals surface area contributed by atoms with Gasteiger partial charge in [-0.05, 0) is 12.8 Å². The number of hydrogen-bond acceptors (Lipinski definition) is 9. The van der Waals surface area contributed by atoms with Crippen molar-refractivity contribution in [2.24, 2.45) is 5.73 Å². The number of carbonyl (C=O) groups is 3. The van der Waals surface area contributed by atoms with Gasteiger partial charge in [-0.3, -0.25) is 23.4 Å². The molecule has 0 amide bonds. The van der Waals surface area contributed by atoms with Crippen LogP contribution in [0.25, 0.3) is 0 Å². The van der Waals surface area contributed by atoms with Gasteiger partial charge < -0.3 is 25.2 Å². The predicted octanol–water partition coefficient (Wildman–Crippen LogP) is 11.5. The zero-order valence-electron chi connectivity index (χ0n) is 34.6. The Morgan fingerprint density at radius 2 is 0.815 bits per heavy atom. The highest BCUT2D eigenvalue weighted by Gasteiger charge is 2.28. The van der Waals surface area contributed by atoms with Gasteiger partial charge in [0.2, 0.25) is 0 Å². The van der Waals surface area contributed by atoms with E-state index in [1.807, 2.05) is 0 Å². The summed E-state index contributed by atoms with van der Waals surface area (Å²) in [6.07, 6.45) is 35.9. The first-order valence-electron chi connectivity index (χ1n) is 22.1. The smallest absolute Gasteiger partial charge is 0.472 e. The number of unbranched alkanes of at least 4 members (excludes halogenated alkanes) is 28. The van der Waals surface area contributed by atoms with Gasteiger partial charge in [0.1, 0.15) is 12.6 Å². The summed E-state index contributed by atoms with van der Waals surface area (Å²) >= 11 is 0. The second kappa shape index (κ2) is 38.4. The average Bonchev–Trinajstić information content (AvgIpc) is 3.14. The minimum Gasteiger partial charge on any atom is -0.480 e. The third-order valence-electron chi connectivity index (χ3n) is 9.86. The fraction of sp³-hybridized carbons (Fsp3) is 0.929. The molecule has 0 fully saturated rings. The highest BCUT2D eigenvalue weighted by molar-refractivity contribution is 7.47. The fourth-order valence-electron chi connectivity index (χ4n) is 6.36. The van der Waals surface area contributed by atoms with Crippen LogP contribution in [0.15, 0.2) is 0 Å². The van der Waals surface area contributed by atoms with Crippen molar-refractivity contribution < 1.29 is 47.5 Å². The van der Waals surface area contributed by atoms with Crippen molar-refractivity contribution >= 4 is 25.7 Å². The second-order valence-corrected chi connectivity index (χ2v) is 16.7. The van der Waals surface area contributed by atoms with Gasteiger partial charge in [-0.15, -0.1) is 0 Å². The van der Waals surface area contributed by atoms with Crippen LogP contribution in [0.5, 0.6) is 0 Å². The highest BCUT2D eigenvalue weighted by Crippen LogP contribution is 2.43. The summed E-state index contributed by atoms with van der Waals surface area (Å²) in [6, 6.07) is -1.52. The maximum absolute atomic E-state index is 12.6. The summed E-state index contributed by atoms with van der Waals surface area (Å²) in [5.41, 5.74) is 5.33. The maximum Gasteiger partial charge on any atom is 0.472 e. The summed E-state index contributed by atoms with van der Waals surface area (Å²) in [6.45, 7) is 2.83. The van der Waals surface area contributed by atoms with Crippen molar-refractivity contribution in [1.29, 1.82) is 0 Å². The molecule has 0 aliphatic heterocycles. The van der Waals surface area contributed by atoms with Crippen LogP contribution < -0.4 is 5.73 Å². The topological polar surface area (TPSA) is 172 Å².